The van der Waals surface area contributed by atoms with E-state index < -0.39 is 11.9 Å². The van der Waals surface area contributed by atoms with Gasteiger partial charge >= 0.3 is 5.97 Å². The Labute approximate surface area is 130 Å². The number of anilines is 1. The Kier molecular flexibility index (Phi) is 4.77. The molecule has 0 atom stereocenters. The number of pyridine rings is 1. The lowest BCUT2D eigenvalue weighted by Crippen LogP contribution is -2.15. The molecule has 1 heterocycles. The van der Waals surface area contributed by atoms with E-state index in [1.165, 1.54) is 37.6 Å². The van der Waals surface area contributed by atoms with Crippen LogP contribution < -0.4 is 5.32 Å². The monoisotopic (exact) mass is 324 g/mol. The van der Waals surface area contributed by atoms with Gasteiger partial charge < -0.3 is 10.1 Å². The Bertz CT molecular complexity index is 687. The van der Waals surface area contributed by atoms with E-state index >= 15 is 0 Å². The minimum Gasteiger partial charge on any atom is -0.465 e. The Balaban J connectivity index is 2.28. The summed E-state index contributed by atoms with van der Waals surface area (Å²) in [6.07, 6.45) is 1.34. The van der Waals surface area contributed by atoms with E-state index in [1.54, 1.807) is 6.07 Å². The van der Waals surface area contributed by atoms with Crippen molar-refractivity contribution in [2.75, 3.05) is 12.4 Å². The third kappa shape index (κ3) is 3.71. The number of esters is 1. The highest BCUT2D eigenvalue weighted by Gasteiger charge is 2.15. The van der Waals surface area contributed by atoms with E-state index in [1.807, 2.05) is 0 Å². The highest BCUT2D eigenvalue weighted by Crippen LogP contribution is 2.22. The number of ether oxygens (including phenoxy) is 1. The van der Waals surface area contributed by atoms with Crippen molar-refractivity contribution in [1.82, 2.24) is 4.98 Å². The van der Waals surface area contributed by atoms with E-state index in [0.717, 1.165) is 0 Å². The molecule has 0 aliphatic heterocycles. The quantitative estimate of drug-likeness (QED) is 0.693. The zero-order valence-electron chi connectivity index (χ0n) is 10.9. The van der Waals surface area contributed by atoms with E-state index in [4.69, 9.17) is 23.2 Å². The van der Waals surface area contributed by atoms with Gasteiger partial charge in [-0.15, -0.1) is 0 Å². The van der Waals surface area contributed by atoms with Crippen LogP contribution in [0.2, 0.25) is 10.2 Å². The number of hydrogen-bond donors (Lipinski definition) is 1. The van der Waals surface area contributed by atoms with Crippen LogP contribution >= 0.6 is 23.2 Å². The van der Waals surface area contributed by atoms with Crippen LogP contribution in [-0.4, -0.2) is 24.0 Å². The third-order valence-electron chi connectivity index (χ3n) is 2.62. The SMILES string of the molecule is COC(=O)c1cc(Cl)ccc1NC(=O)c1ccc(Cl)nc1. The molecule has 0 radical (unpaired) electrons. The summed E-state index contributed by atoms with van der Waals surface area (Å²) in [7, 11) is 1.25. The van der Waals surface area contributed by atoms with Crippen molar-refractivity contribution in [2.24, 2.45) is 0 Å². The summed E-state index contributed by atoms with van der Waals surface area (Å²) >= 11 is 11.5. The lowest BCUT2D eigenvalue weighted by Gasteiger charge is -2.10. The number of benzene rings is 1. The molecular weight excluding hydrogens is 315 g/mol. The summed E-state index contributed by atoms with van der Waals surface area (Å²) < 4.78 is 4.66. The maximum Gasteiger partial charge on any atom is 0.340 e. The summed E-state index contributed by atoms with van der Waals surface area (Å²) in [5.74, 6) is -1.02. The topological polar surface area (TPSA) is 68.3 Å². The molecule has 0 fully saturated rings. The molecule has 1 N–H and O–H groups in total. The number of methoxy groups -OCH3 is 1. The van der Waals surface area contributed by atoms with E-state index in [9.17, 15) is 9.59 Å². The molecule has 0 unspecified atom stereocenters. The molecule has 0 saturated carbocycles. The number of nitrogens with one attached hydrogen (secondary N) is 1. The first kappa shape index (κ1) is 15.3. The fourth-order valence-electron chi connectivity index (χ4n) is 1.61. The van der Waals surface area contributed by atoms with Crippen molar-refractivity contribution < 1.29 is 14.3 Å². The number of nitrogens with zero attached hydrogens (tertiary/aromatic N) is 1. The summed E-state index contributed by atoms with van der Waals surface area (Å²) in [5.41, 5.74) is 0.775. The van der Waals surface area contributed by atoms with Crippen LogP contribution in [0.25, 0.3) is 0 Å². The van der Waals surface area contributed by atoms with Crippen LogP contribution in [0.15, 0.2) is 36.5 Å². The molecule has 0 aliphatic carbocycles. The van der Waals surface area contributed by atoms with E-state index in [0.29, 0.717) is 16.3 Å². The van der Waals surface area contributed by atoms with Crippen molar-refractivity contribution in [1.29, 1.82) is 0 Å². The molecule has 2 aromatic rings. The number of hydrogen-bond acceptors (Lipinski definition) is 4. The molecule has 1 amide bonds. The Morgan fingerprint density at radius 1 is 1.19 bits per heavy atom. The Hall–Kier alpha value is -2.11. The third-order valence-corrected chi connectivity index (χ3v) is 3.08. The van der Waals surface area contributed by atoms with Crippen LogP contribution in [0, 0.1) is 0 Å². The van der Waals surface area contributed by atoms with Gasteiger partial charge in [-0.3, -0.25) is 4.79 Å². The summed E-state index contributed by atoms with van der Waals surface area (Å²) in [6.45, 7) is 0. The molecule has 1 aromatic carbocycles. The van der Waals surface area contributed by atoms with Gasteiger partial charge in [-0.05, 0) is 30.3 Å². The van der Waals surface area contributed by atoms with Gasteiger partial charge in [0.05, 0.1) is 23.9 Å². The highest BCUT2D eigenvalue weighted by molar-refractivity contribution is 6.31. The number of aromatic nitrogens is 1. The summed E-state index contributed by atoms with van der Waals surface area (Å²) in [5, 5.41) is 3.26. The van der Waals surface area contributed by atoms with Gasteiger partial charge in [0.15, 0.2) is 0 Å². The van der Waals surface area contributed by atoms with Crippen LogP contribution in [0.4, 0.5) is 5.69 Å². The minimum atomic E-state index is -0.595. The molecule has 21 heavy (non-hydrogen) atoms. The van der Waals surface area contributed by atoms with Crippen LogP contribution in [0.3, 0.4) is 0 Å². The fourth-order valence-corrected chi connectivity index (χ4v) is 1.89. The Morgan fingerprint density at radius 2 is 1.95 bits per heavy atom. The number of carbonyl (C=O) groups excluding carboxylic acids is 2. The first-order chi connectivity index (χ1) is 10.0. The zero-order chi connectivity index (χ0) is 15.4. The zero-order valence-corrected chi connectivity index (χ0v) is 12.4. The largest absolute Gasteiger partial charge is 0.465 e. The predicted molar refractivity (Wildman–Crippen MR) is 80.0 cm³/mol. The lowest BCUT2D eigenvalue weighted by atomic mass is 10.1. The van der Waals surface area contributed by atoms with E-state index in [-0.39, 0.29) is 10.7 Å². The normalized spacial score (nSPS) is 10.0. The van der Waals surface area contributed by atoms with Gasteiger partial charge in [-0.25, -0.2) is 9.78 Å². The molecular formula is C14H10Cl2N2O3. The average Bonchev–Trinajstić information content (AvgIpc) is 2.48. The first-order valence-corrected chi connectivity index (χ1v) is 6.57. The van der Waals surface area contributed by atoms with Crippen molar-refractivity contribution >= 4 is 40.8 Å². The van der Waals surface area contributed by atoms with Gasteiger partial charge in [-0.2, -0.15) is 0 Å². The molecule has 108 valence electrons. The van der Waals surface area contributed by atoms with Crippen LogP contribution in [-0.2, 0) is 4.74 Å². The maximum atomic E-state index is 12.1. The van der Waals surface area contributed by atoms with E-state index in [2.05, 4.69) is 15.0 Å². The molecule has 7 heteroatoms. The molecule has 2 rings (SSSR count). The number of rotatable bonds is 3. The lowest BCUT2D eigenvalue weighted by molar-refractivity contribution is 0.0602. The van der Waals surface area contributed by atoms with Gasteiger partial charge in [-0.1, -0.05) is 23.2 Å². The molecule has 5 nitrogen and oxygen atoms in total. The maximum absolute atomic E-state index is 12.1. The second-order valence-corrected chi connectivity index (χ2v) is 4.83. The molecule has 0 aliphatic rings. The Morgan fingerprint density at radius 3 is 2.57 bits per heavy atom. The van der Waals surface area contributed by atoms with Gasteiger partial charge in [0.1, 0.15) is 5.15 Å². The standard InChI is InChI=1S/C14H10Cl2N2O3/c1-21-14(20)10-6-9(15)3-4-11(10)18-13(19)8-2-5-12(16)17-7-8/h2-7H,1H3,(H,18,19). The number of amides is 1. The van der Waals surface area contributed by atoms with Crippen molar-refractivity contribution in [3.8, 4) is 0 Å². The average molecular weight is 325 g/mol. The van der Waals surface area contributed by atoms with Crippen LogP contribution in [0.5, 0.6) is 0 Å². The smallest absolute Gasteiger partial charge is 0.340 e. The molecule has 0 saturated heterocycles. The highest BCUT2D eigenvalue weighted by atomic mass is 35.5. The molecule has 0 bridgehead atoms. The second kappa shape index (κ2) is 6.56. The molecule has 1 aromatic heterocycles. The fraction of sp³-hybridized carbons (Fsp3) is 0.0714. The predicted octanol–water partition coefficient (Wildman–Crippen LogP) is 3.43. The van der Waals surface area contributed by atoms with Crippen molar-refractivity contribution in [3.63, 3.8) is 0 Å². The summed E-state index contributed by atoms with van der Waals surface area (Å²) in [6, 6.07) is 7.53. The first-order valence-electron chi connectivity index (χ1n) is 5.82. The summed E-state index contributed by atoms with van der Waals surface area (Å²) in [4.78, 5) is 27.6. The van der Waals surface area contributed by atoms with Crippen molar-refractivity contribution in [3.05, 3.63) is 57.8 Å². The second-order valence-electron chi connectivity index (χ2n) is 4.01. The minimum absolute atomic E-state index is 0.167. The van der Waals surface area contributed by atoms with Gasteiger partial charge in [0, 0.05) is 11.2 Å². The number of halogens is 2. The van der Waals surface area contributed by atoms with Crippen LogP contribution in [0.1, 0.15) is 20.7 Å². The molecule has 0 spiro atoms. The number of carbonyl (C=O) groups is 2. The van der Waals surface area contributed by atoms with Gasteiger partial charge in [0.2, 0.25) is 0 Å². The van der Waals surface area contributed by atoms with Gasteiger partial charge in [0.25, 0.3) is 5.91 Å². The van der Waals surface area contributed by atoms with Crippen molar-refractivity contribution in [2.45, 2.75) is 0 Å².